The van der Waals surface area contributed by atoms with Crippen molar-refractivity contribution < 1.29 is 22.8 Å². The van der Waals surface area contributed by atoms with Gasteiger partial charge in [0, 0.05) is 18.7 Å². The van der Waals surface area contributed by atoms with E-state index in [4.69, 9.17) is 5.73 Å². The Morgan fingerprint density at radius 1 is 1.42 bits per heavy atom. The summed E-state index contributed by atoms with van der Waals surface area (Å²) >= 11 is 0. The molecule has 0 aliphatic rings. The second kappa shape index (κ2) is 6.23. The number of rotatable bonds is 6. The number of alkyl halides is 3. The van der Waals surface area contributed by atoms with E-state index >= 15 is 0 Å². The Labute approximate surface area is 106 Å². The van der Waals surface area contributed by atoms with Crippen LogP contribution in [0.1, 0.15) is 0 Å². The second-order valence-electron chi connectivity index (χ2n) is 3.62. The molecule has 0 amide bonds. The molecule has 1 aromatic rings. The van der Waals surface area contributed by atoms with Crippen LogP contribution in [0.2, 0.25) is 0 Å². The number of ether oxygens (including phenoxy) is 1. The molecule has 1 rings (SSSR count). The third kappa shape index (κ3) is 5.42. The monoisotopic (exact) mass is 279 g/mol. The number of nitrogens with zero attached hydrogens (tertiary/aromatic N) is 1. The van der Waals surface area contributed by atoms with Gasteiger partial charge in [-0.1, -0.05) is 0 Å². The van der Waals surface area contributed by atoms with Crippen LogP contribution >= 0.6 is 0 Å². The molecular weight excluding hydrogens is 267 g/mol. The van der Waals surface area contributed by atoms with Crippen molar-refractivity contribution in [1.82, 2.24) is 0 Å². The summed E-state index contributed by atoms with van der Waals surface area (Å²) in [5.74, 6) is 0. The van der Waals surface area contributed by atoms with E-state index in [0.717, 1.165) is 0 Å². The number of hydrogen-bond acceptors (Lipinski definition) is 5. The molecule has 0 aromatic heterocycles. The van der Waals surface area contributed by atoms with E-state index < -0.39 is 17.7 Å². The van der Waals surface area contributed by atoms with Gasteiger partial charge >= 0.3 is 6.18 Å². The SMILES string of the molecule is Nc1cc([N+](=O)[O-])ccc1NCCOCC(F)(F)F. The molecule has 106 valence electrons. The van der Waals surface area contributed by atoms with Crippen LogP contribution in [0.4, 0.5) is 30.2 Å². The quantitative estimate of drug-likeness (QED) is 0.360. The van der Waals surface area contributed by atoms with E-state index in [9.17, 15) is 23.3 Å². The van der Waals surface area contributed by atoms with E-state index in [1.54, 1.807) is 0 Å². The maximum Gasteiger partial charge on any atom is 0.411 e. The van der Waals surface area contributed by atoms with Crippen molar-refractivity contribution in [2.24, 2.45) is 0 Å². The molecule has 9 heteroatoms. The molecule has 3 N–H and O–H groups in total. The molecule has 0 saturated heterocycles. The van der Waals surface area contributed by atoms with Crippen molar-refractivity contribution in [3.05, 3.63) is 28.3 Å². The maximum atomic E-state index is 11.8. The summed E-state index contributed by atoms with van der Waals surface area (Å²) in [6.07, 6.45) is -4.35. The van der Waals surface area contributed by atoms with E-state index in [-0.39, 0.29) is 24.5 Å². The lowest BCUT2D eigenvalue weighted by Gasteiger charge is -2.10. The van der Waals surface area contributed by atoms with Crippen LogP contribution in [0.15, 0.2) is 18.2 Å². The molecular formula is C10H12F3N3O3. The zero-order valence-electron chi connectivity index (χ0n) is 9.74. The highest BCUT2D eigenvalue weighted by molar-refractivity contribution is 5.69. The number of nitro benzene ring substituents is 1. The number of hydrogen-bond donors (Lipinski definition) is 2. The van der Waals surface area contributed by atoms with Gasteiger partial charge in [-0.05, 0) is 6.07 Å². The fourth-order valence-electron chi connectivity index (χ4n) is 1.27. The number of non-ortho nitro benzene ring substituents is 1. The molecule has 0 aliphatic heterocycles. The molecule has 6 nitrogen and oxygen atoms in total. The van der Waals surface area contributed by atoms with Crippen molar-refractivity contribution >= 4 is 17.1 Å². The Morgan fingerprint density at radius 3 is 2.63 bits per heavy atom. The van der Waals surface area contributed by atoms with E-state index in [1.807, 2.05) is 0 Å². The Morgan fingerprint density at radius 2 is 2.11 bits per heavy atom. The average molecular weight is 279 g/mol. The summed E-state index contributed by atoms with van der Waals surface area (Å²) in [7, 11) is 0. The van der Waals surface area contributed by atoms with Crippen LogP contribution in [0, 0.1) is 10.1 Å². The lowest BCUT2D eigenvalue weighted by atomic mass is 10.2. The van der Waals surface area contributed by atoms with Gasteiger partial charge in [0.15, 0.2) is 0 Å². The van der Waals surface area contributed by atoms with Crippen LogP contribution < -0.4 is 11.1 Å². The maximum absolute atomic E-state index is 11.8. The summed E-state index contributed by atoms with van der Waals surface area (Å²) in [5.41, 5.74) is 5.95. The second-order valence-corrected chi connectivity index (χ2v) is 3.62. The zero-order chi connectivity index (χ0) is 14.5. The Bertz CT molecular complexity index is 451. The first-order chi connectivity index (χ1) is 8.79. The summed E-state index contributed by atoms with van der Waals surface area (Å²) in [6, 6.07) is 3.80. The summed E-state index contributed by atoms with van der Waals surface area (Å²) < 4.78 is 39.7. The number of halogens is 3. The molecule has 0 atom stereocenters. The van der Waals surface area contributed by atoms with Crippen molar-refractivity contribution in [3.8, 4) is 0 Å². The highest BCUT2D eigenvalue weighted by atomic mass is 19.4. The number of nitrogens with one attached hydrogen (secondary N) is 1. The fourth-order valence-corrected chi connectivity index (χ4v) is 1.27. The third-order valence-electron chi connectivity index (χ3n) is 2.07. The standard InChI is InChI=1S/C10H12F3N3O3/c11-10(12,13)6-19-4-3-15-9-2-1-7(16(17)18)5-8(9)14/h1-2,5,15H,3-4,6,14H2. The Hall–Kier alpha value is -2.03. The van der Waals surface area contributed by atoms with Crippen molar-refractivity contribution in [1.29, 1.82) is 0 Å². The molecule has 0 bridgehead atoms. The Kier molecular flexibility index (Phi) is 4.93. The average Bonchev–Trinajstić information content (AvgIpc) is 2.28. The minimum atomic E-state index is -4.35. The van der Waals surface area contributed by atoms with E-state index in [1.165, 1.54) is 18.2 Å². The summed E-state index contributed by atoms with van der Waals surface area (Å²) in [6.45, 7) is -1.36. The number of benzene rings is 1. The molecule has 1 aromatic carbocycles. The highest BCUT2D eigenvalue weighted by Crippen LogP contribution is 2.23. The lowest BCUT2D eigenvalue weighted by Crippen LogP contribution is -2.20. The molecule has 0 unspecified atom stereocenters. The molecule has 19 heavy (non-hydrogen) atoms. The van der Waals surface area contributed by atoms with Crippen molar-refractivity contribution in [2.45, 2.75) is 6.18 Å². The fraction of sp³-hybridized carbons (Fsp3) is 0.400. The summed E-state index contributed by atoms with van der Waals surface area (Å²) in [5, 5.41) is 13.2. The molecule has 0 spiro atoms. The number of nitro groups is 1. The predicted octanol–water partition coefficient (Wildman–Crippen LogP) is 2.17. The van der Waals surface area contributed by atoms with Gasteiger partial charge in [-0.25, -0.2) is 0 Å². The summed E-state index contributed by atoms with van der Waals surface area (Å²) in [4.78, 5) is 9.87. The number of nitrogens with two attached hydrogens (primary N) is 1. The van der Waals surface area contributed by atoms with Gasteiger partial charge in [-0.2, -0.15) is 13.2 Å². The van der Waals surface area contributed by atoms with Crippen molar-refractivity contribution in [2.75, 3.05) is 30.8 Å². The van der Waals surface area contributed by atoms with Crippen LogP contribution in [0.5, 0.6) is 0 Å². The molecule has 0 radical (unpaired) electrons. The van der Waals surface area contributed by atoms with Gasteiger partial charge in [-0.3, -0.25) is 10.1 Å². The lowest BCUT2D eigenvalue weighted by molar-refractivity contribution is -0.384. The van der Waals surface area contributed by atoms with Crippen LogP contribution in [0.3, 0.4) is 0 Å². The largest absolute Gasteiger partial charge is 0.411 e. The normalized spacial score (nSPS) is 11.3. The van der Waals surface area contributed by atoms with Gasteiger partial charge in [0.2, 0.25) is 0 Å². The van der Waals surface area contributed by atoms with Gasteiger partial charge in [0.25, 0.3) is 5.69 Å². The molecule has 0 saturated carbocycles. The zero-order valence-corrected chi connectivity index (χ0v) is 9.74. The van der Waals surface area contributed by atoms with E-state index in [0.29, 0.717) is 5.69 Å². The van der Waals surface area contributed by atoms with Gasteiger partial charge in [-0.15, -0.1) is 0 Å². The predicted molar refractivity (Wildman–Crippen MR) is 62.9 cm³/mol. The smallest absolute Gasteiger partial charge is 0.397 e. The van der Waals surface area contributed by atoms with Gasteiger partial charge in [0.05, 0.1) is 22.9 Å². The first-order valence-electron chi connectivity index (χ1n) is 5.22. The van der Waals surface area contributed by atoms with Crippen LogP contribution in [0.25, 0.3) is 0 Å². The van der Waals surface area contributed by atoms with E-state index in [2.05, 4.69) is 10.1 Å². The molecule has 0 fully saturated rings. The number of nitrogen functional groups attached to an aromatic ring is 1. The van der Waals surface area contributed by atoms with Crippen LogP contribution in [-0.2, 0) is 4.74 Å². The molecule has 0 aliphatic carbocycles. The van der Waals surface area contributed by atoms with Crippen molar-refractivity contribution in [3.63, 3.8) is 0 Å². The third-order valence-corrected chi connectivity index (χ3v) is 2.07. The number of anilines is 2. The van der Waals surface area contributed by atoms with Crippen LogP contribution in [-0.4, -0.2) is 30.9 Å². The topological polar surface area (TPSA) is 90.4 Å². The minimum absolute atomic E-state index is 0.109. The molecule has 0 heterocycles. The van der Waals surface area contributed by atoms with Gasteiger partial charge < -0.3 is 15.8 Å². The minimum Gasteiger partial charge on any atom is -0.397 e. The Balaban J connectivity index is 2.40. The van der Waals surface area contributed by atoms with Gasteiger partial charge in [0.1, 0.15) is 6.61 Å². The first-order valence-corrected chi connectivity index (χ1v) is 5.22. The first kappa shape index (κ1) is 15.0. The highest BCUT2D eigenvalue weighted by Gasteiger charge is 2.27.